The molecule has 0 fully saturated rings. The first-order valence-electron chi connectivity index (χ1n) is 17.4. The lowest BCUT2D eigenvalue weighted by Gasteiger charge is -2.30. The fourth-order valence-electron chi connectivity index (χ4n) is 8.01. The van der Waals surface area contributed by atoms with E-state index in [0.717, 1.165) is 17.1 Å². The molecule has 1 heteroatoms. The monoisotopic (exact) mass is 639 g/mol. The highest BCUT2D eigenvalue weighted by atomic mass is 15.1. The summed E-state index contributed by atoms with van der Waals surface area (Å²) in [7, 11) is 0. The van der Waals surface area contributed by atoms with Crippen molar-refractivity contribution in [3.63, 3.8) is 0 Å². The lowest BCUT2D eigenvalue weighted by molar-refractivity contribution is 0.660. The van der Waals surface area contributed by atoms with E-state index in [1.54, 1.807) is 0 Å². The molecule has 0 saturated carbocycles. The fourth-order valence-corrected chi connectivity index (χ4v) is 8.01. The first-order chi connectivity index (χ1) is 24.6. The first-order valence-corrected chi connectivity index (χ1v) is 17.4. The van der Waals surface area contributed by atoms with Crippen LogP contribution in [0.25, 0.3) is 55.3 Å². The minimum atomic E-state index is -0.0538. The van der Waals surface area contributed by atoms with Crippen molar-refractivity contribution in [1.29, 1.82) is 0 Å². The normalized spacial score (nSPS) is 12.8. The number of nitrogens with zero attached hydrogens (tertiary/aromatic N) is 1. The third kappa shape index (κ3) is 4.94. The summed E-state index contributed by atoms with van der Waals surface area (Å²) in [5, 5.41) is 2.43. The van der Waals surface area contributed by atoms with Gasteiger partial charge >= 0.3 is 0 Å². The van der Waals surface area contributed by atoms with Crippen molar-refractivity contribution in [2.75, 3.05) is 4.90 Å². The SMILES string of the molecule is CC1(C)c2ccccc2-c2cc(-c3c(-c4ccccc4)cccc3N(c3ccc(-c4ccccc4)cc3)c3cccc4ccccc34)ccc21. The zero-order chi connectivity index (χ0) is 33.7. The second-order valence-electron chi connectivity index (χ2n) is 13.7. The van der Waals surface area contributed by atoms with Crippen molar-refractivity contribution >= 4 is 27.8 Å². The number of benzene rings is 8. The van der Waals surface area contributed by atoms with Crippen molar-refractivity contribution in [2.24, 2.45) is 0 Å². The van der Waals surface area contributed by atoms with E-state index in [1.165, 1.54) is 66.4 Å². The van der Waals surface area contributed by atoms with E-state index >= 15 is 0 Å². The van der Waals surface area contributed by atoms with Gasteiger partial charge in [-0.2, -0.15) is 0 Å². The van der Waals surface area contributed by atoms with Gasteiger partial charge in [0.2, 0.25) is 0 Å². The highest BCUT2D eigenvalue weighted by Crippen LogP contribution is 2.52. The van der Waals surface area contributed by atoms with Crippen molar-refractivity contribution in [3.8, 4) is 44.5 Å². The van der Waals surface area contributed by atoms with Crippen molar-refractivity contribution in [1.82, 2.24) is 0 Å². The maximum Gasteiger partial charge on any atom is 0.0546 e. The molecule has 0 saturated heterocycles. The van der Waals surface area contributed by atoms with E-state index in [9.17, 15) is 0 Å². The van der Waals surface area contributed by atoms with Crippen molar-refractivity contribution < 1.29 is 0 Å². The van der Waals surface area contributed by atoms with E-state index in [0.29, 0.717) is 0 Å². The van der Waals surface area contributed by atoms with Gasteiger partial charge in [0.25, 0.3) is 0 Å². The summed E-state index contributed by atoms with van der Waals surface area (Å²) in [5.41, 5.74) is 16.0. The lowest BCUT2D eigenvalue weighted by Crippen LogP contribution is -2.14. The molecule has 1 aliphatic carbocycles. The molecule has 0 heterocycles. The molecule has 0 atom stereocenters. The van der Waals surface area contributed by atoms with E-state index < -0.39 is 0 Å². The molecule has 0 aromatic heterocycles. The average molecular weight is 640 g/mol. The van der Waals surface area contributed by atoms with Crippen LogP contribution in [0.3, 0.4) is 0 Å². The van der Waals surface area contributed by atoms with Crippen LogP contribution < -0.4 is 4.90 Å². The fraction of sp³-hybridized carbons (Fsp3) is 0.0612. The Kier molecular flexibility index (Phi) is 7.21. The Labute approximate surface area is 294 Å². The molecule has 0 spiro atoms. The third-order valence-electron chi connectivity index (χ3n) is 10.5. The molecule has 9 rings (SSSR count). The maximum absolute atomic E-state index is 2.46. The van der Waals surface area contributed by atoms with Gasteiger partial charge in [0.15, 0.2) is 0 Å². The standard InChI is InChI=1S/C49H37N/c1-49(2)44-24-12-11-22-42(44)43-33-38(29-32-45(43)49)48-41(37-17-7-4-8-18-37)23-14-26-47(48)50(46-25-13-20-36-19-9-10-21-40(36)46)39-30-27-35(28-31-39)34-15-5-3-6-16-34/h3-33H,1-2H3. The highest BCUT2D eigenvalue weighted by molar-refractivity contribution is 6.04. The van der Waals surface area contributed by atoms with Crippen molar-refractivity contribution in [3.05, 3.63) is 199 Å². The molecule has 8 aromatic rings. The largest absolute Gasteiger partial charge is 0.309 e. The Balaban J connectivity index is 1.32. The predicted octanol–water partition coefficient (Wildman–Crippen LogP) is 13.6. The average Bonchev–Trinajstić information content (AvgIpc) is 3.41. The number of rotatable bonds is 6. The Morgan fingerprint density at radius 1 is 0.380 bits per heavy atom. The van der Waals surface area contributed by atoms with Gasteiger partial charge in [0.05, 0.1) is 11.4 Å². The molecule has 0 aliphatic heterocycles. The summed E-state index contributed by atoms with van der Waals surface area (Å²) in [6.07, 6.45) is 0. The quantitative estimate of drug-likeness (QED) is 0.175. The van der Waals surface area contributed by atoms with Crippen LogP contribution >= 0.6 is 0 Å². The summed E-state index contributed by atoms with van der Waals surface area (Å²) in [6.45, 7) is 4.70. The van der Waals surface area contributed by atoms with Crippen LogP contribution in [0.15, 0.2) is 188 Å². The molecule has 1 aliphatic rings. The Morgan fingerprint density at radius 2 is 0.940 bits per heavy atom. The summed E-state index contributed by atoms with van der Waals surface area (Å²) in [4.78, 5) is 2.46. The molecule has 0 N–H and O–H groups in total. The van der Waals surface area contributed by atoms with Gasteiger partial charge in [0.1, 0.15) is 0 Å². The van der Waals surface area contributed by atoms with E-state index in [-0.39, 0.29) is 5.41 Å². The topological polar surface area (TPSA) is 3.24 Å². The van der Waals surface area contributed by atoms with Gasteiger partial charge in [-0.15, -0.1) is 0 Å². The Morgan fingerprint density at radius 3 is 1.74 bits per heavy atom. The van der Waals surface area contributed by atoms with Gasteiger partial charge in [0, 0.05) is 22.1 Å². The third-order valence-corrected chi connectivity index (χ3v) is 10.5. The van der Waals surface area contributed by atoms with Gasteiger partial charge in [-0.3, -0.25) is 0 Å². The zero-order valence-electron chi connectivity index (χ0n) is 28.3. The van der Waals surface area contributed by atoms with E-state index in [1.807, 2.05) is 0 Å². The van der Waals surface area contributed by atoms with E-state index in [4.69, 9.17) is 0 Å². The molecule has 0 amide bonds. The first kappa shape index (κ1) is 29.9. The smallest absolute Gasteiger partial charge is 0.0546 e. The minimum Gasteiger partial charge on any atom is -0.309 e. The molecule has 8 aromatic carbocycles. The lowest BCUT2D eigenvalue weighted by atomic mass is 9.82. The van der Waals surface area contributed by atoms with Gasteiger partial charge < -0.3 is 4.90 Å². The molecular formula is C49H37N. The molecule has 0 unspecified atom stereocenters. The van der Waals surface area contributed by atoms with Gasteiger partial charge in [-0.25, -0.2) is 0 Å². The van der Waals surface area contributed by atoms with Crippen molar-refractivity contribution in [2.45, 2.75) is 19.3 Å². The number of fused-ring (bicyclic) bond motifs is 4. The van der Waals surface area contributed by atoms with Crippen LogP contribution in [0.5, 0.6) is 0 Å². The van der Waals surface area contributed by atoms with Gasteiger partial charge in [-0.05, 0) is 85.8 Å². The van der Waals surface area contributed by atoms with Gasteiger partial charge in [-0.1, -0.05) is 172 Å². The second-order valence-corrected chi connectivity index (χ2v) is 13.7. The van der Waals surface area contributed by atoms with Crippen LogP contribution in [-0.2, 0) is 5.41 Å². The molecule has 50 heavy (non-hydrogen) atoms. The zero-order valence-corrected chi connectivity index (χ0v) is 28.3. The second kappa shape index (κ2) is 12.1. The van der Waals surface area contributed by atoms with Crippen LogP contribution in [-0.4, -0.2) is 0 Å². The summed E-state index contributed by atoms with van der Waals surface area (Å²) in [6, 6.07) is 68.7. The summed E-state index contributed by atoms with van der Waals surface area (Å²) >= 11 is 0. The Hall–Kier alpha value is -6.18. The summed E-state index contributed by atoms with van der Waals surface area (Å²) < 4.78 is 0. The molecule has 0 radical (unpaired) electrons. The molecule has 1 nitrogen and oxygen atoms in total. The maximum atomic E-state index is 2.46. The highest BCUT2D eigenvalue weighted by Gasteiger charge is 2.35. The predicted molar refractivity (Wildman–Crippen MR) is 213 cm³/mol. The molecule has 238 valence electrons. The van der Waals surface area contributed by atoms with Crippen LogP contribution in [0.4, 0.5) is 17.1 Å². The number of hydrogen-bond donors (Lipinski definition) is 0. The number of hydrogen-bond acceptors (Lipinski definition) is 1. The molecule has 0 bridgehead atoms. The van der Waals surface area contributed by atoms with E-state index in [2.05, 4.69) is 207 Å². The van der Waals surface area contributed by atoms with Crippen LogP contribution in [0, 0.1) is 0 Å². The number of anilines is 3. The Bertz CT molecular complexity index is 2490. The van der Waals surface area contributed by atoms with Crippen LogP contribution in [0.1, 0.15) is 25.0 Å². The summed E-state index contributed by atoms with van der Waals surface area (Å²) in [5.74, 6) is 0. The van der Waals surface area contributed by atoms with Crippen LogP contribution in [0.2, 0.25) is 0 Å². The molecular weight excluding hydrogens is 603 g/mol. The minimum absolute atomic E-state index is 0.0538.